The van der Waals surface area contributed by atoms with E-state index in [-0.39, 0.29) is 23.5 Å². The SMILES string of the molecule is CCN(C(=O)[C@@H](C)OC(=O)c1ccc(SCc2cscn2)cc1)[C@H]1CCS(=O)(=O)C1. The summed E-state index contributed by atoms with van der Waals surface area (Å²) in [6.07, 6.45) is -0.567. The fourth-order valence-electron chi connectivity index (χ4n) is 3.28. The molecule has 30 heavy (non-hydrogen) atoms. The summed E-state index contributed by atoms with van der Waals surface area (Å²) in [6, 6.07) is 6.65. The second kappa shape index (κ2) is 9.93. The lowest BCUT2D eigenvalue weighted by Crippen LogP contribution is -2.46. The number of benzene rings is 1. The van der Waals surface area contributed by atoms with E-state index in [4.69, 9.17) is 4.74 Å². The summed E-state index contributed by atoms with van der Waals surface area (Å²) in [7, 11) is -3.11. The van der Waals surface area contributed by atoms with Gasteiger partial charge in [0.25, 0.3) is 5.91 Å². The van der Waals surface area contributed by atoms with Crippen LogP contribution in [0, 0.1) is 0 Å². The first-order chi connectivity index (χ1) is 14.3. The highest BCUT2D eigenvalue weighted by Crippen LogP contribution is 2.24. The highest BCUT2D eigenvalue weighted by molar-refractivity contribution is 7.98. The fraction of sp³-hybridized carbons (Fsp3) is 0.450. The van der Waals surface area contributed by atoms with Crippen molar-refractivity contribution in [3.05, 3.63) is 46.4 Å². The molecule has 1 saturated heterocycles. The maximum Gasteiger partial charge on any atom is 0.338 e. The van der Waals surface area contributed by atoms with E-state index < -0.39 is 21.9 Å². The van der Waals surface area contributed by atoms with Gasteiger partial charge in [0.15, 0.2) is 15.9 Å². The van der Waals surface area contributed by atoms with Crippen LogP contribution in [0.1, 0.15) is 36.3 Å². The number of sulfone groups is 1. The second-order valence-electron chi connectivity index (χ2n) is 7.02. The minimum Gasteiger partial charge on any atom is -0.449 e. The lowest BCUT2D eigenvalue weighted by molar-refractivity contribution is -0.141. The monoisotopic (exact) mass is 468 g/mol. The van der Waals surface area contributed by atoms with Gasteiger partial charge in [0.1, 0.15) is 0 Å². The van der Waals surface area contributed by atoms with Gasteiger partial charge >= 0.3 is 5.97 Å². The Morgan fingerprint density at radius 1 is 1.33 bits per heavy atom. The Labute approximate surface area is 184 Å². The van der Waals surface area contributed by atoms with Crippen LogP contribution in [0.4, 0.5) is 0 Å². The summed E-state index contributed by atoms with van der Waals surface area (Å²) < 4.78 is 28.8. The van der Waals surface area contributed by atoms with Crippen molar-refractivity contribution in [1.82, 2.24) is 9.88 Å². The first-order valence-corrected chi connectivity index (χ1v) is 13.4. The van der Waals surface area contributed by atoms with Gasteiger partial charge < -0.3 is 9.64 Å². The topological polar surface area (TPSA) is 93.6 Å². The van der Waals surface area contributed by atoms with E-state index in [2.05, 4.69) is 4.98 Å². The van der Waals surface area contributed by atoms with Gasteiger partial charge in [-0.25, -0.2) is 18.2 Å². The summed E-state index contributed by atoms with van der Waals surface area (Å²) in [4.78, 5) is 31.9. The number of nitrogens with zero attached hydrogens (tertiary/aromatic N) is 2. The molecule has 0 aliphatic carbocycles. The number of hydrogen-bond donors (Lipinski definition) is 0. The van der Waals surface area contributed by atoms with Gasteiger partial charge in [-0.15, -0.1) is 23.1 Å². The number of thiazole rings is 1. The van der Waals surface area contributed by atoms with E-state index in [0.717, 1.165) is 16.3 Å². The lowest BCUT2D eigenvalue weighted by atomic mass is 10.2. The zero-order valence-corrected chi connectivity index (χ0v) is 19.3. The lowest BCUT2D eigenvalue weighted by Gasteiger charge is -2.29. The molecule has 1 aromatic heterocycles. The van der Waals surface area contributed by atoms with Gasteiger partial charge in [0, 0.05) is 28.6 Å². The van der Waals surface area contributed by atoms with E-state index in [0.29, 0.717) is 18.5 Å². The van der Waals surface area contributed by atoms with Gasteiger partial charge in [-0.3, -0.25) is 4.79 Å². The molecule has 2 atom stereocenters. The molecule has 0 spiro atoms. The summed E-state index contributed by atoms with van der Waals surface area (Å²) in [5.41, 5.74) is 3.17. The van der Waals surface area contributed by atoms with Crippen LogP contribution in [0.3, 0.4) is 0 Å². The van der Waals surface area contributed by atoms with Gasteiger partial charge in [0.05, 0.1) is 28.3 Å². The Hall–Kier alpha value is -1.91. The number of likely N-dealkylation sites (N-methyl/N-ethyl adjacent to an activating group) is 1. The van der Waals surface area contributed by atoms with Crippen LogP contribution in [0.25, 0.3) is 0 Å². The summed E-state index contributed by atoms with van der Waals surface area (Å²) >= 11 is 3.17. The normalized spacial score (nSPS) is 18.7. The molecule has 7 nitrogen and oxygen atoms in total. The predicted octanol–water partition coefficient (Wildman–Crippen LogP) is 3.02. The summed E-state index contributed by atoms with van der Waals surface area (Å²) in [5.74, 6) is -0.149. The molecular weight excluding hydrogens is 444 g/mol. The van der Waals surface area contributed by atoms with Crippen molar-refractivity contribution >= 4 is 44.8 Å². The van der Waals surface area contributed by atoms with Gasteiger partial charge in [-0.05, 0) is 44.5 Å². The predicted molar refractivity (Wildman–Crippen MR) is 117 cm³/mol. The summed E-state index contributed by atoms with van der Waals surface area (Å²) in [6.45, 7) is 3.68. The van der Waals surface area contributed by atoms with Gasteiger partial charge in [-0.1, -0.05) is 0 Å². The van der Waals surface area contributed by atoms with E-state index in [1.165, 1.54) is 11.8 Å². The quantitative estimate of drug-likeness (QED) is 0.434. The molecule has 0 bridgehead atoms. The van der Waals surface area contributed by atoms with Crippen molar-refractivity contribution in [2.75, 3.05) is 18.1 Å². The average molecular weight is 469 g/mol. The van der Waals surface area contributed by atoms with E-state index in [1.54, 1.807) is 47.7 Å². The minimum atomic E-state index is -3.11. The van der Waals surface area contributed by atoms with Crippen LogP contribution in [0.5, 0.6) is 0 Å². The van der Waals surface area contributed by atoms with Crippen LogP contribution >= 0.6 is 23.1 Å². The highest BCUT2D eigenvalue weighted by atomic mass is 32.2. The van der Waals surface area contributed by atoms with E-state index in [9.17, 15) is 18.0 Å². The van der Waals surface area contributed by atoms with Crippen LogP contribution < -0.4 is 0 Å². The molecule has 10 heteroatoms. The minimum absolute atomic E-state index is 0.0344. The smallest absolute Gasteiger partial charge is 0.338 e. The number of carbonyl (C=O) groups is 2. The number of amides is 1. The number of thioether (sulfide) groups is 1. The number of rotatable bonds is 8. The molecule has 3 rings (SSSR count). The second-order valence-corrected chi connectivity index (χ2v) is 11.0. The zero-order valence-electron chi connectivity index (χ0n) is 16.8. The number of ether oxygens (including phenoxy) is 1. The molecule has 1 amide bonds. The molecule has 1 aliphatic heterocycles. The van der Waals surface area contributed by atoms with Crippen LogP contribution in [0.15, 0.2) is 40.1 Å². The molecular formula is C20H24N2O5S3. The third kappa shape index (κ3) is 5.83. The maximum atomic E-state index is 12.7. The Bertz CT molecular complexity index is 974. The van der Waals surface area contributed by atoms with Crippen LogP contribution in [-0.2, 0) is 25.1 Å². The van der Waals surface area contributed by atoms with Crippen molar-refractivity contribution in [2.24, 2.45) is 0 Å². The van der Waals surface area contributed by atoms with Crippen LogP contribution in [0.2, 0.25) is 0 Å². The van der Waals surface area contributed by atoms with Crippen LogP contribution in [-0.4, -0.2) is 60.4 Å². The van der Waals surface area contributed by atoms with E-state index in [1.807, 2.05) is 17.5 Å². The zero-order chi connectivity index (χ0) is 21.7. The fourth-order valence-corrected chi connectivity index (χ4v) is 6.48. The average Bonchev–Trinajstić information content (AvgIpc) is 3.36. The third-order valence-corrected chi connectivity index (χ3v) is 8.30. The highest BCUT2D eigenvalue weighted by Gasteiger charge is 2.36. The van der Waals surface area contributed by atoms with Crippen molar-refractivity contribution in [1.29, 1.82) is 0 Å². The molecule has 1 aliphatic rings. The first kappa shape index (κ1) is 22.8. The first-order valence-electron chi connectivity index (χ1n) is 9.61. The number of esters is 1. The largest absolute Gasteiger partial charge is 0.449 e. The number of carbonyl (C=O) groups excluding carboxylic acids is 2. The van der Waals surface area contributed by atoms with Crippen molar-refractivity contribution in [3.8, 4) is 0 Å². The number of hydrogen-bond acceptors (Lipinski definition) is 8. The van der Waals surface area contributed by atoms with E-state index >= 15 is 0 Å². The van der Waals surface area contributed by atoms with Gasteiger partial charge in [0.2, 0.25) is 0 Å². The Kier molecular flexibility index (Phi) is 7.54. The molecule has 0 radical (unpaired) electrons. The molecule has 1 fully saturated rings. The van der Waals surface area contributed by atoms with Gasteiger partial charge in [-0.2, -0.15) is 0 Å². The molecule has 2 aromatic rings. The molecule has 1 aromatic carbocycles. The molecule has 0 saturated carbocycles. The molecule has 0 N–H and O–H groups in total. The Morgan fingerprint density at radius 3 is 2.63 bits per heavy atom. The number of aromatic nitrogens is 1. The molecule has 162 valence electrons. The van der Waals surface area contributed by atoms with Crippen molar-refractivity contribution in [3.63, 3.8) is 0 Å². The molecule has 0 unspecified atom stereocenters. The van der Waals surface area contributed by atoms with Crippen molar-refractivity contribution < 1.29 is 22.7 Å². The third-order valence-electron chi connectivity index (χ3n) is 4.86. The maximum absolute atomic E-state index is 12.7. The Balaban J connectivity index is 1.55. The Morgan fingerprint density at radius 2 is 2.07 bits per heavy atom. The van der Waals surface area contributed by atoms with Crippen molar-refractivity contribution in [2.45, 2.75) is 43.1 Å². The standard InChI is InChI=1S/C20H24N2O5S3/c1-3-22(17-8-9-30(25,26)12-17)19(23)14(2)27-20(24)15-4-6-18(7-5-15)29-11-16-10-28-13-21-16/h4-7,10,13-14,17H,3,8-9,11-12H2,1-2H3/t14-,17+/m1/s1. The molecule has 2 heterocycles. The summed E-state index contributed by atoms with van der Waals surface area (Å²) in [5, 5.41) is 2.00.